The van der Waals surface area contributed by atoms with Gasteiger partial charge in [-0.1, -0.05) is 6.92 Å². The Balaban J connectivity index is 2.40. The van der Waals surface area contributed by atoms with Crippen LogP contribution < -0.4 is 5.73 Å². The summed E-state index contributed by atoms with van der Waals surface area (Å²) in [5.41, 5.74) is 5.48. The average molecular weight is 242 g/mol. The summed E-state index contributed by atoms with van der Waals surface area (Å²) in [4.78, 5) is 14.1. The van der Waals surface area contributed by atoms with Crippen LogP contribution in [0.25, 0.3) is 0 Å². The number of carbonyl (C=O) groups is 1. The van der Waals surface area contributed by atoms with Gasteiger partial charge in [-0.15, -0.1) is 0 Å². The third-order valence-electron chi connectivity index (χ3n) is 3.55. The molecule has 0 aromatic heterocycles. The molecule has 0 radical (unpaired) electrons. The Morgan fingerprint density at radius 2 is 2.12 bits per heavy atom. The van der Waals surface area contributed by atoms with Gasteiger partial charge in [-0.05, 0) is 32.6 Å². The van der Waals surface area contributed by atoms with Crippen LogP contribution in [-0.4, -0.2) is 43.7 Å². The topological polar surface area (TPSA) is 55.6 Å². The van der Waals surface area contributed by atoms with Crippen LogP contribution in [0.2, 0.25) is 0 Å². The molecule has 17 heavy (non-hydrogen) atoms. The minimum absolute atomic E-state index is 0.186. The lowest BCUT2D eigenvalue weighted by molar-refractivity contribution is -0.149. The van der Waals surface area contributed by atoms with E-state index in [1.54, 1.807) is 4.90 Å². The molecule has 1 rings (SSSR count). The van der Waals surface area contributed by atoms with E-state index in [0.717, 1.165) is 12.8 Å². The number of rotatable bonds is 6. The van der Waals surface area contributed by atoms with Crippen molar-refractivity contribution >= 4 is 5.91 Å². The Hall–Kier alpha value is -0.610. The van der Waals surface area contributed by atoms with Crippen LogP contribution in [0.1, 0.15) is 33.6 Å². The summed E-state index contributed by atoms with van der Waals surface area (Å²) in [5, 5.41) is 0. The van der Waals surface area contributed by atoms with E-state index in [9.17, 15) is 4.79 Å². The van der Waals surface area contributed by atoms with E-state index in [2.05, 4.69) is 6.92 Å². The maximum absolute atomic E-state index is 12.3. The number of amides is 1. The first kappa shape index (κ1) is 14.5. The Morgan fingerprint density at radius 1 is 1.53 bits per heavy atom. The molecule has 1 fully saturated rings. The van der Waals surface area contributed by atoms with E-state index < -0.39 is 0 Å². The maximum Gasteiger partial charge on any atom is 0.229 e. The minimum atomic E-state index is -0.286. The van der Waals surface area contributed by atoms with Crippen molar-refractivity contribution < 1.29 is 9.53 Å². The van der Waals surface area contributed by atoms with Crippen LogP contribution in [0, 0.1) is 11.3 Å². The minimum Gasteiger partial charge on any atom is -0.377 e. The number of likely N-dealkylation sites (N-methyl/N-ethyl adjacent to an activating group) is 1. The summed E-state index contributed by atoms with van der Waals surface area (Å²) in [6, 6.07) is 0. The molecule has 0 heterocycles. The first-order chi connectivity index (χ1) is 7.91. The normalized spacial score (nSPS) is 28.0. The van der Waals surface area contributed by atoms with E-state index in [0.29, 0.717) is 25.6 Å². The Labute approximate surface area is 104 Å². The average Bonchev–Trinajstić information content (AvgIpc) is 2.22. The van der Waals surface area contributed by atoms with Gasteiger partial charge in [0.25, 0.3) is 0 Å². The van der Waals surface area contributed by atoms with Crippen molar-refractivity contribution in [1.29, 1.82) is 0 Å². The molecule has 0 saturated heterocycles. The van der Waals surface area contributed by atoms with Gasteiger partial charge in [-0.2, -0.15) is 0 Å². The fourth-order valence-electron chi connectivity index (χ4n) is 2.63. The Bertz CT molecular complexity index is 260. The molecular weight excluding hydrogens is 216 g/mol. The fraction of sp³-hybridized carbons (Fsp3) is 0.923. The molecule has 0 atom stereocenters. The van der Waals surface area contributed by atoms with E-state index in [1.165, 1.54) is 0 Å². The van der Waals surface area contributed by atoms with Crippen LogP contribution in [0.15, 0.2) is 0 Å². The predicted molar refractivity (Wildman–Crippen MR) is 68.6 cm³/mol. The standard InChI is InChI=1S/C13H26N2O2/c1-10(2)17-6-5-15(4)12(16)13(9-14)7-11(3)8-13/h10-11H,5-9,14H2,1-4H3. The molecule has 4 nitrogen and oxygen atoms in total. The maximum atomic E-state index is 12.3. The zero-order valence-electron chi connectivity index (χ0n) is 11.5. The number of hydrogen-bond acceptors (Lipinski definition) is 3. The monoisotopic (exact) mass is 242 g/mol. The summed E-state index contributed by atoms with van der Waals surface area (Å²) in [6.45, 7) is 7.87. The largest absolute Gasteiger partial charge is 0.377 e. The summed E-state index contributed by atoms with van der Waals surface area (Å²) in [5.74, 6) is 0.813. The molecule has 0 aromatic carbocycles. The number of nitrogens with zero attached hydrogens (tertiary/aromatic N) is 1. The lowest BCUT2D eigenvalue weighted by Crippen LogP contribution is -2.54. The fourth-order valence-corrected chi connectivity index (χ4v) is 2.63. The second kappa shape index (κ2) is 5.83. The van der Waals surface area contributed by atoms with E-state index in [4.69, 9.17) is 10.5 Å². The van der Waals surface area contributed by atoms with Gasteiger partial charge in [-0.3, -0.25) is 4.79 Å². The molecule has 0 unspecified atom stereocenters. The highest BCUT2D eigenvalue weighted by atomic mass is 16.5. The van der Waals surface area contributed by atoms with Crippen molar-refractivity contribution in [2.24, 2.45) is 17.1 Å². The van der Waals surface area contributed by atoms with E-state index >= 15 is 0 Å². The molecule has 100 valence electrons. The Kier molecular flexibility index (Phi) is 4.95. The van der Waals surface area contributed by atoms with Gasteiger partial charge >= 0.3 is 0 Å². The molecule has 0 bridgehead atoms. The highest BCUT2D eigenvalue weighted by molar-refractivity contribution is 5.83. The van der Waals surface area contributed by atoms with Gasteiger partial charge in [-0.25, -0.2) is 0 Å². The molecule has 0 spiro atoms. The van der Waals surface area contributed by atoms with Crippen molar-refractivity contribution in [2.45, 2.75) is 39.7 Å². The first-order valence-corrected chi connectivity index (χ1v) is 6.48. The van der Waals surface area contributed by atoms with E-state index in [1.807, 2.05) is 20.9 Å². The summed E-state index contributed by atoms with van der Waals surface area (Å²) in [6.07, 6.45) is 2.07. The molecule has 0 aromatic rings. The van der Waals surface area contributed by atoms with Crippen molar-refractivity contribution in [3.8, 4) is 0 Å². The molecule has 1 aliphatic carbocycles. The number of nitrogens with two attached hydrogens (primary N) is 1. The van der Waals surface area contributed by atoms with Gasteiger partial charge in [0.05, 0.1) is 18.1 Å². The van der Waals surface area contributed by atoms with Gasteiger partial charge in [0.2, 0.25) is 5.91 Å². The van der Waals surface area contributed by atoms with Crippen molar-refractivity contribution in [3.63, 3.8) is 0 Å². The predicted octanol–water partition coefficient (Wildman–Crippen LogP) is 1.24. The molecule has 2 N–H and O–H groups in total. The first-order valence-electron chi connectivity index (χ1n) is 6.48. The SMILES string of the molecule is CC1CC(CN)(C(=O)N(C)CCOC(C)C)C1. The number of carbonyl (C=O) groups excluding carboxylic acids is 1. The molecule has 4 heteroatoms. The zero-order chi connectivity index (χ0) is 13.1. The molecule has 1 amide bonds. The number of ether oxygens (including phenoxy) is 1. The zero-order valence-corrected chi connectivity index (χ0v) is 11.5. The molecule has 1 aliphatic rings. The molecule has 1 saturated carbocycles. The highest BCUT2D eigenvalue weighted by Gasteiger charge is 2.48. The van der Waals surface area contributed by atoms with Gasteiger partial charge < -0.3 is 15.4 Å². The third-order valence-corrected chi connectivity index (χ3v) is 3.55. The van der Waals surface area contributed by atoms with Gasteiger partial charge in [0.15, 0.2) is 0 Å². The summed E-state index contributed by atoms with van der Waals surface area (Å²) >= 11 is 0. The van der Waals surface area contributed by atoms with Crippen molar-refractivity contribution in [3.05, 3.63) is 0 Å². The second-order valence-corrected chi connectivity index (χ2v) is 5.64. The molecule has 0 aliphatic heterocycles. The summed E-state index contributed by atoms with van der Waals surface area (Å²) < 4.78 is 5.46. The number of hydrogen-bond donors (Lipinski definition) is 1. The van der Waals surface area contributed by atoms with Gasteiger partial charge in [0.1, 0.15) is 0 Å². The lowest BCUT2D eigenvalue weighted by Gasteiger charge is -2.46. The van der Waals surface area contributed by atoms with Crippen molar-refractivity contribution in [2.75, 3.05) is 26.7 Å². The third kappa shape index (κ3) is 3.42. The smallest absolute Gasteiger partial charge is 0.229 e. The Morgan fingerprint density at radius 3 is 2.53 bits per heavy atom. The van der Waals surface area contributed by atoms with Crippen LogP contribution in [0.3, 0.4) is 0 Å². The van der Waals surface area contributed by atoms with Crippen molar-refractivity contribution in [1.82, 2.24) is 4.90 Å². The van der Waals surface area contributed by atoms with Crippen LogP contribution in [-0.2, 0) is 9.53 Å². The van der Waals surface area contributed by atoms with E-state index in [-0.39, 0.29) is 17.4 Å². The quantitative estimate of drug-likeness (QED) is 0.762. The summed E-state index contributed by atoms with van der Waals surface area (Å²) in [7, 11) is 1.84. The van der Waals surface area contributed by atoms with Gasteiger partial charge in [0, 0.05) is 20.1 Å². The van der Waals surface area contributed by atoms with Crippen LogP contribution in [0.5, 0.6) is 0 Å². The second-order valence-electron chi connectivity index (χ2n) is 5.64. The molecular formula is C13H26N2O2. The lowest BCUT2D eigenvalue weighted by atomic mass is 9.62. The van der Waals surface area contributed by atoms with Crippen LogP contribution in [0.4, 0.5) is 0 Å². The van der Waals surface area contributed by atoms with Crippen LogP contribution >= 0.6 is 0 Å². The highest BCUT2D eigenvalue weighted by Crippen LogP contribution is 2.45.